The Hall–Kier alpha value is -1.68. The highest BCUT2D eigenvalue weighted by molar-refractivity contribution is 7.99. The summed E-state index contributed by atoms with van der Waals surface area (Å²) in [6.45, 7) is 2.22. The quantitative estimate of drug-likeness (QED) is 0.749. The number of aromatic nitrogens is 2. The van der Waals surface area contributed by atoms with Gasteiger partial charge in [-0.3, -0.25) is 0 Å². The van der Waals surface area contributed by atoms with E-state index in [2.05, 4.69) is 5.10 Å². The standard InChI is InChI=1S/C9H12N4O2S/c1-2-16-8-6(9(14)15)7(11)13(12-8)5-3-4-10/h2-3,5,11H2,1H3,(H,14,15). The van der Waals surface area contributed by atoms with E-state index in [-0.39, 0.29) is 17.8 Å². The normalized spacial score (nSPS) is 10.0. The number of aromatic carboxylic acids is 1. The van der Waals surface area contributed by atoms with Crippen molar-refractivity contribution in [3.05, 3.63) is 5.56 Å². The average molecular weight is 240 g/mol. The van der Waals surface area contributed by atoms with Crippen molar-refractivity contribution in [2.45, 2.75) is 24.9 Å². The Kier molecular flexibility index (Phi) is 4.19. The first-order valence-corrected chi connectivity index (χ1v) is 5.69. The number of aryl methyl sites for hydroxylation is 1. The van der Waals surface area contributed by atoms with E-state index in [0.717, 1.165) is 5.75 Å². The minimum absolute atomic E-state index is 0.0322. The van der Waals surface area contributed by atoms with E-state index < -0.39 is 5.97 Å². The van der Waals surface area contributed by atoms with Crippen LogP contribution in [0.4, 0.5) is 5.82 Å². The molecule has 1 aromatic heterocycles. The van der Waals surface area contributed by atoms with E-state index in [9.17, 15) is 4.79 Å². The molecule has 3 N–H and O–H groups in total. The summed E-state index contributed by atoms with van der Waals surface area (Å²) in [5, 5.41) is 21.9. The van der Waals surface area contributed by atoms with Gasteiger partial charge in [0.15, 0.2) is 0 Å². The predicted molar refractivity (Wildman–Crippen MR) is 60.2 cm³/mol. The number of carboxylic acids is 1. The van der Waals surface area contributed by atoms with Crippen LogP contribution in [-0.4, -0.2) is 26.6 Å². The van der Waals surface area contributed by atoms with Crippen LogP contribution >= 0.6 is 11.8 Å². The number of nitrogens with zero attached hydrogens (tertiary/aromatic N) is 3. The Bertz CT molecular complexity index is 435. The number of hydrogen-bond acceptors (Lipinski definition) is 5. The number of nitrogens with two attached hydrogens (primary N) is 1. The molecule has 0 saturated carbocycles. The van der Waals surface area contributed by atoms with Gasteiger partial charge in [-0.1, -0.05) is 6.92 Å². The van der Waals surface area contributed by atoms with E-state index in [0.29, 0.717) is 11.6 Å². The number of hydrogen-bond donors (Lipinski definition) is 2. The van der Waals surface area contributed by atoms with Gasteiger partial charge in [-0.15, -0.1) is 11.8 Å². The Morgan fingerprint density at radius 3 is 2.94 bits per heavy atom. The van der Waals surface area contributed by atoms with Gasteiger partial charge in [0, 0.05) is 0 Å². The Balaban J connectivity index is 3.09. The molecule has 0 radical (unpaired) electrons. The van der Waals surface area contributed by atoms with Gasteiger partial charge < -0.3 is 10.8 Å². The van der Waals surface area contributed by atoms with Crippen molar-refractivity contribution >= 4 is 23.5 Å². The van der Waals surface area contributed by atoms with Gasteiger partial charge in [0.25, 0.3) is 0 Å². The fourth-order valence-corrected chi connectivity index (χ4v) is 1.98. The van der Waals surface area contributed by atoms with Crippen LogP contribution in [-0.2, 0) is 6.54 Å². The van der Waals surface area contributed by atoms with Crippen LogP contribution in [0.15, 0.2) is 5.03 Å². The molecule has 0 spiro atoms. The van der Waals surface area contributed by atoms with Crippen molar-refractivity contribution < 1.29 is 9.90 Å². The molecule has 0 fully saturated rings. The first-order valence-electron chi connectivity index (χ1n) is 4.71. The molecule has 0 aromatic carbocycles. The molecule has 0 unspecified atom stereocenters. The lowest BCUT2D eigenvalue weighted by Gasteiger charge is -1.99. The van der Waals surface area contributed by atoms with Gasteiger partial charge >= 0.3 is 5.97 Å². The molecule has 0 atom stereocenters. The average Bonchev–Trinajstić information content (AvgIpc) is 2.53. The zero-order valence-electron chi connectivity index (χ0n) is 8.80. The molecule has 1 rings (SSSR count). The number of thioether (sulfide) groups is 1. The van der Waals surface area contributed by atoms with Crippen LogP contribution in [0.1, 0.15) is 23.7 Å². The zero-order chi connectivity index (χ0) is 12.1. The molecular weight excluding hydrogens is 228 g/mol. The lowest BCUT2D eigenvalue weighted by molar-refractivity contribution is 0.0694. The van der Waals surface area contributed by atoms with Gasteiger partial charge in [0.1, 0.15) is 16.4 Å². The second-order valence-corrected chi connectivity index (χ2v) is 4.19. The highest BCUT2D eigenvalue weighted by atomic mass is 32.2. The van der Waals surface area contributed by atoms with Crippen LogP contribution in [0, 0.1) is 11.3 Å². The van der Waals surface area contributed by atoms with Crippen molar-refractivity contribution in [3.8, 4) is 6.07 Å². The first kappa shape index (κ1) is 12.4. The second-order valence-electron chi connectivity index (χ2n) is 2.93. The number of nitrogen functional groups attached to an aromatic ring is 1. The number of carbonyl (C=O) groups is 1. The van der Waals surface area contributed by atoms with E-state index in [1.54, 1.807) is 0 Å². The second kappa shape index (κ2) is 5.42. The van der Waals surface area contributed by atoms with Gasteiger partial charge in [-0.2, -0.15) is 10.4 Å². The Morgan fingerprint density at radius 1 is 1.75 bits per heavy atom. The largest absolute Gasteiger partial charge is 0.477 e. The van der Waals surface area contributed by atoms with Crippen LogP contribution < -0.4 is 5.73 Å². The summed E-state index contributed by atoms with van der Waals surface area (Å²) >= 11 is 1.32. The van der Waals surface area contributed by atoms with Crippen LogP contribution in [0.5, 0.6) is 0 Å². The highest BCUT2D eigenvalue weighted by Crippen LogP contribution is 2.26. The summed E-state index contributed by atoms with van der Waals surface area (Å²) in [6.07, 6.45) is 0.251. The van der Waals surface area contributed by atoms with E-state index in [1.165, 1.54) is 16.4 Å². The van der Waals surface area contributed by atoms with Crippen molar-refractivity contribution in [2.75, 3.05) is 11.5 Å². The number of rotatable bonds is 5. The summed E-state index contributed by atoms with van der Waals surface area (Å²) in [7, 11) is 0. The predicted octanol–water partition coefficient (Wildman–Crippen LogP) is 1.19. The molecule has 7 heteroatoms. The summed E-state index contributed by atoms with van der Waals surface area (Å²) in [4.78, 5) is 11.0. The summed E-state index contributed by atoms with van der Waals surface area (Å²) < 4.78 is 1.37. The molecule has 6 nitrogen and oxygen atoms in total. The van der Waals surface area contributed by atoms with Crippen LogP contribution in [0.25, 0.3) is 0 Å². The minimum atomic E-state index is -1.09. The van der Waals surface area contributed by atoms with Gasteiger partial charge in [-0.05, 0) is 5.75 Å². The molecule has 0 aliphatic carbocycles. The summed E-state index contributed by atoms with van der Waals surface area (Å²) in [5.74, 6) is -0.259. The Morgan fingerprint density at radius 2 is 2.44 bits per heavy atom. The fraction of sp³-hybridized carbons (Fsp3) is 0.444. The molecule has 0 amide bonds. The smallest absolute Gasteiger partial charge is 0.342 e. The molecule has 0 saturated heterocycles. The van der Waals surface area contributed by atoms with E-state index in [1.807, 2.05) is 13.0 Å². The maximum Gasteiger partial charge on any atom is 0.342 e. The molecule has 1 aromatic rings. The van der Waals surface area contributed by atoms with Gasteiger partial charge in [0.05, 0.1) is 19.0 Å². The third-order valence-electron chi connectivity index (χ3n) is 1.89. The lowest BCUT2D eigenvalue weighted by atomic mass is 10.3. The SMILES string of the molecule is CCSc1nn(CCC#N)c(N)c1C(=O)O. The van der Waals surface area contributed by atoms with Gasteiger partial charge in [0.2, 0.25) is 0 Å². The molecule has 86 valence electrons. The molecular formula is C9H12N4O2S. The summed E-state index contributed by atoms with van der Waals surface area (Å²) in [5.41, 5.74) is 5.71. The molecule has 1 heterocycles. The fourth-order valence-electron chi connectivity index (χ4n) is 1.22. The van der Waals surface area contributed by atoms with Crippen molar-refractivity contribution in [2.24, 2.45) is 0 Å². The molecule has 0 bridgehead atoms. The maximum atomic E-state index is 11.0. The first-order chi connectivity index (χ1) is 7.61. The topological polar surface area (TPSA) is 105 Å². The monoisotopic (exact) mass is 240 g/mol. The third kappa shape index (κ3) is 2.46. The number of nitriles is 1. The van der Waals surface area contributed by atoms with Crippen molar-refractivity contribution in [3.63, 3.8) is 0 Å². The summed E-state index contributed by atoms with van der Waals surface area (Å²) in [6, 6.07) is 1.96. The lowest BCUT2D eigenvalue weighted by Crippen LogP contribution is -2.07. The minimum Gasteiger partial charge on any atom is -0.477 e. The zero-order valence-corrected chi connectivity index (χ0v) is 9.62. The molecule has 16 heavy (non-hydrogen) atoms. The van der Waals surface area contributed by atoms with Crippen LogP contribution in [0.3, 0.4) is 0 Å². The number of anilines is 1. The van der Waals surface area contributed by atoms with E-state index in [4.69, 9.17) is 16.1 Å². The van der Waals surface area contributed by atoms with Crippen molar-refractivity contribution in [1.29, 1.82) is 5.26 Å². The maximum absolute atomic E-state index is 11.0. The van der Waals surface area contributed by atoms with Crippen molar-refractivity contribution in [1.82, 2.24) is 9.78 Å². The Labute approximate surface area is 97.0 Å². The molecule has 0 aliphatic rings. The van der Waals surface area contributed by atoms with Crippen LogP contribution in [0.2, 0.25) is 0 Å². The molecule has 0 aliphatic heterocycles. The number of carboxylic acid groups (broad SMARTS) is 1. The van der Waals surface area contributed by atoms with E-state index >= 15 is 0 Å². The third-order valence-corrected chi connectivity index (χ3v) is 2.74. The highest BCUT2D eigenvalue weighted by Gasteiger charge is 2.21. The van der Waals surface area contributed by atoms with Gasteiger partial charge in [-0.25, -0.2) is 9.48 Å².